The number of rotatable bonds is 6. The van der Waals surface area contributed by atoms with Crippen molar-refractivity contribution in [2.45, 2.75) is 13.0 Å². The number of carbonyl (C=O) groups excluding carboxylic acids is 1. The van der Waals surface area contributed by atoms with E-state index in [0.717, 1.165) is 30.3 Å². The summed E-state index contributed by atoms with van der Waals surface area (Å²) in [6.45, 7) is 1.68. The molecular formula is C23H22F2N4O. The summed E-state index contributed by atoms with van der Waals surface area (Å²) >= 11 is 0. The average molecular weight is 408 g/mol. The number of nitrogens with one attached hydrogen (secondary N) is 1. The van der Waals surface area contributed by atoms with Crippen molar-refractivity contribution in [2.75, 3.05) is 19.6 Å². The van der Waals surface area contributed by atoms with Gasteiger partial charge in [0.05, 0.1) is 18.4 Å². The van der Waals surface area contributed by atoms with Crippen molar-refractivity contribution in [1.29, 1.82) is 0 Å². The Labute approximate surface area is 173 Å². The Balaban J connectivity index is 1.29. The summed E-state index contributed by atoms with van der Waals surface area (Å²) in [6, 6.07) is 13.3. The molecule has 2 aromatic carbocycles. The average Bonchev–Trinajstić information content (AvgIpc) is 3.25. The molecule has 0 bridgehead atoms. The maximum absolute atomic E-state index is 13.7. The molecule has 1 aliphatic rings. The van der Waals surface area contributed by atoms with Gasteiger partial charge in [0.15, 0.2) is 0 Å². The smallest absolute Gasteiger partial charge is 0.234 e. The molecule has 7 heteroatoms. The van der Waals surface area contributed by atoms with Crippen LogP contribution in [0.5, 0.6) is 0 Å². The molecule has 1 N–H and O–H groups in total. The third kappa shape index (κ3) is 4.80. The van der Waals surface area contributed by atoms with Crippen LogP contribution in [0.15, 0.2) is 67.0 Å². The molecule has 4 rings (SSSR count). The summed E-state index contributed by atoms with van der Waals surface area (Å²) in [5.74, 6) is -1.47. The van der Waals surface area contributed by atoms with Crippen LogP contribution in [0.3, 0.4) is 0 Å². The van der Waals surface area contributed by atoms with E-state index in [2.05, 4.69) is 16.5 Å². The number of halogens is 2. The second-order valence-corrected chi connectivity index (χ2v) is 7.24. The Morgan fingerprint density at radius 1 is 1.13 bits per heavy atom. The van der Waals surface area contributed by atoms with E-state index in [4.69, 9.17) is 0 Å². The highest BCUT2D eigenvalue weighted by Crippen LogP contribution is 2.22. The second kappa shape index (κ2) is 9.00. The van der Waals surface area contributed by atoms with E-state index in [1.165, 1.54) is 17.7 Å². The highest BCUT2D eigenvalue weighted by molar-refractivity contribution is 5.78. The number of para-hydroxylation sites is 1. The number of benzene rings is 2. The Morgan fingerprint density at radius 3 is 2.70 bits per heavy atom. The molecule has 0 radical (unpaired) electrons. The Kier molecular flexibility index (Phi) is 5.99. The number of nitrogens with zero attached hydrogens (tertiary/aromatic N) is 3. The highest BCUT2D eigenvalue weighted by atomic mass is 19.1. The summed E-state index contributed by atoms with van der Waals surface area (Å²) in [7, 11) is 0. The van der Waals surface area contributed by atoms with Gasteiger partial charge in [0, 0.05) is 43.0 Å². The van der Waals surface area contributed by atoms with Crippen LogP contribution in [0.1, 0.15) is 17.5 Å². The van der Waals surface area contributed by atoms with Gasteiger partial charge in [-0.15, -0.1) is 0 Å². The van der Waals surface area contributed by atoms with E-state index in [-0.39, 0.29) is 24.6 Å². The van der Waals surface area contributed by atoms with Gasteiger partial charge < -0.3 is 5.32 Å². The largest absolute Gasteiger partial charge is 0.351 e. The zero-order valence-corrected chi connectivity index (χ0v) is 16.4. The van der Waals surface area contributed by atoms with Gasteiger partial charge in [-0.1, -0.05) is 30.3 Å². The van der Waals surface area contributed by atoms with Crippen molar-refractivity contribution in [3.05, 3.63) is 89.8 Å². The first-order chi connectivity index (χ1) is 14.6. The number of aromatic nitrogens is 2. The lowest BCUT2D eigenvalue weighted by molar-refractivity contribution is -0.122. The molecule has 1 aliphatic heterocycles. The number of carbonyl (C=O) groups is 1. The van der Waals surface area contributed by atoms with Crippen LogP contribution in [0, 0.1) is 11.6 Å². The van der Waals surface area contributed by atoms with E-state index in [0.29, 0.717) is 6.54 Å². The van der Waals surface area contributed by atoms with Gasteiger partial charge in [-0.3, -0.25) is 9.69 Å². The molecule has 0 aliphatic carbocycles. The Hall–Kier alpha value is -3.32. The SMILES string of the molecule is O=C(CN1CC=C(c2cnn(-c3ccccc3)c2)CC1)NCc1ccc(F)cc1F. The van der Waals surface area contributed by atoms with Gasteiger partial charge >= 0.3 is 0 Å². The number of amides is 1. The lowest BCUT2D eigenvalue weighted by atomic mass is 10.0. The van der Waals surface area contributed by atoms with Crippen LogP contribution in [0.2, 0.25) is 0 Å². The first kappa shape index (κ1) is 20.0. The van der Waals surface area contributed by atoms with Crippen molar-refractivity contribution in [2.24, 2.45) is 0 Å². The van der Waals surface area contributed by atoms with Gasteiger partial charge in [-0.2, -0.15) is 5.10 Å². The van der Waals surface area contributed by atoms with E-state index < -0.39 is 11.6 Å². The van der Waals surface area contributed by atoms with Crippen molar-refractivity contribution in [3.8, 4) is 5.69 Å². The van der Waals surface area contributed by atoms with Crippen LogP contribution in [0.4, 0.5) is 8.78 Å². The molecule has 0 atom stereocenters. The molecular weight excluding hydrogens is 386 g/mol. The minimum absolute atomic E-state index is 0.0402. The summed E-state index contributed by atoms with van der Waals surface area (Å²) in [6.07, 6.45) is 6.81. The molecule has 0 saturated carbocycles. The van der Waals surface area contributed by atoms with E-state index in [1.807, 2.05) is 52.3 Å². The molecule has 0 fully saturated rings. The van der Waals surface area contributed by atoms with Crippen LogP contribution < -0.4 is 5.32 Å². The molecule has 3 aromatic rings. The lowest BCUT2D eigenvalue weighted by Crippen LogP contribution is -2.39. The summed E-state index contributed by atoms with van der Waals surface area (Å²) in [5.41, 5.74) is 3.56. The third-order valence-corrected chi connectivity index (χ3v) is 5.13. The summed E-state index contributed by atoms with van der Waals surface area (Å²) < 4.78 is 28.5. The fourth-order valence-electron chi connectivity index (χ4n) is 3.45. The number of hydrogen-bond acceptors (Lipinski definition) is 3. The Morgan fingerprint density at radius 2 is 1.97 bits per heavy atom. The quantitative estimate of drug-likeness (QED) is 0.679. The third-order valence-electron chi connectivity index (χ3n) is 5.13. The Bertz CT molecular complexity index is 1060. The van der Waals surface area contributed by atoms with Crippen LogP contribution in [0.25, 0.3) is 11.3 Å². The van der Waals surface area contributed by atoms with E-state index >= 15 is 0 Å². The molecule has 0 spiro atoms. The highest BCUT2D eigenvalue weighted by Gasteiger charge is 2.17. The molecule has 154 valence electrons. The molecule has 0 saturated heterocycles. The predicted octanol–water partition coefficient (Wildman–Crippen LogP) is 3.56. The minimum Gasteiger partial charge on any atom is -0.351 e. The minimum atomic E-state index is -0.656. The summed E-state index contributed by atoms with van der Waals surface area (Å²) in [4.78, 5) is 14.2. The van der Waals surface area contributed by atoms with Crippen molar-refractivity contribution < 1.29 is 13.6 Å². The standard InChI is InChI=1S/C23H22F2N4O/c24-20-7-6-18(22(25)12-20)13-26-23(30)16-28-10-8-17(9-11-28)19-14-27-29(15-19)21-4-2-1-3-5-21/h1-8,12,14-15H,9-11,13,16H2,(H,26,30). The van der Waals surface area contributed by atoms with Crippen LogP contribution in [-0.2, 0) is 11.3 Å². The van der Waals surface area contributed by atoms with Gasteiger partial charge in [0.25, 0.3) is 0 Å². The molecule has 30 heavy (non-hydrogen) atoms. The van der Waals surface area contributed by atoms with Gasteiger partial charge in [-0.05, 0) is 30.2 Å². The van der Waals surface area contributed by atoms with Gasteiger partial charge in [0.1, 0.15) is 11.6 Å². The predicted molar refractivity (Wildman–Crippen MR) is 111 cm³/mol. The first-order valence-corrected chi connectivity index (χ1v) is 9.81. The summed E-state index contributed by atoms with van der Waals surface area (Å²) in [5, 5.41) is 7.13. The van der Waals surface area contributed by atoms with Crippen LogP contribution in [-0.4, -0.2) is 40.2 Å². The van der Waals surface area contributed by atoms with Gasteiger partial charge in [-0.25, -0.2) is 13.5 Å². The van der Waals surface area contributed by atoms with E-state index in [1.54, 1.807) is 0 Å². The lowest BCUT2D eigenvalue weighted by Gasteiger charge is -2.25. The molecule has 5 nitrogen and oxygen atoms in total. The monoisotopic (exact) mass is 408 g/mol. The normalized spacial score (nSPS) is 14.4. The first-order valence-electron chi connectivity index (χ1n) is 9.81. The van der Waals surface area contributed by atoms with Crippen molar-refractivity contribution >= 4 is 11.5 Å². The fourth-order valence-corrected chi connectivity index (χ4v) is 3.45. The van der Waals surface area contributed by atoms with Crippen molar-refractivity contribution in [3.63, 3.8) is 0 Å². The topological polar surface area (TPSA) is 50.2 Å². The molecule has 2 heterocycles. The molecule has 0 unspecified atom stereocenters. The van der Waals surface area contributed by atoms with Gasteiger partial charge in [0.2, 0.25) is 5.91 Å². The second-order valence-electron chi connectivity index (χ2n) is 7.24. The fraction of sp³-hybridized carbons (Fsp3) is 0.217. The van der Waals surface area contributed by atoms with E-state index in [9.17, 15) is 13.6 Å². The molecule has 1 amide bonds. The number of hydrogen-bond donors (Lipinski definition) is 1. The van der Waals surface area contributed by atoms with Crippen LogP contribution >= 0.6 is 0 Å². The maximum atomic E-state index is 13.7. The maximum Gasteiger partial charge on any atom is 0.234 e. The zero-order chi connectivity index (χ0) is 20.9. The molecule has 1 aromatic heterocycles. The van der Waals surface area contributed by atoms with Crippen molar-refractivity contribution in [1.82, 2.24) is 20.0 Å². The zero-order valence-electron chi connectivity index (χ0n) is 16.4.